The van der Waals surface area contributed by atoms with Gasteiger partial charge in [0.05, 0.1) is 16.1 Å². The average molecular weight is 423 g/mol. The van der Waals surface area contributed by atoms with Crippen molar-refractivity contribution in [1.29, 1.82) is 0 Å². The third kappa shape index (κ3) is 7.46. The molecule has 0 fully saturated rings. The van der Waals surface area contributed by atoms with Gasteiger partial charge in [0.2, 0.25) is 0 Å². The van der Waals surface area contributed by atoms with E-state index in [1.54, 1.807) is 0 Å². The summed E-state index contributed by atoms with van der Waals surface area (Å²) >= 11 is 0. The van der Waals surface area contributed by atoms with E-state index in [0.29, 0.717) is 25.0 Å². The lowest BCUT2D eigenvalue weighted by Crippen LogP contribution is -2.21. The van der Waals surface area contributed by atoms with Crippen LogP contribution < -0.4 is 0 Å². The maximum absolute atomic E-state index is 12.6. The first-order valence-corrected chi connectivity index (χ1v) is 10.2. The number of carboxylic acid groups (broad SMARTS) is 2. The summed E-state index contributed by atoms with van der Waals surface area (Å²) in [4.78, 5) is 45.6. The first-order chi connectivity index (χ1) is 14.2. The zero-order chi connectivity index (χ0) is 22.7. The lowest BCUT2D eigenvalue weighted by molar-refractivity contribution is -0.385. The standard InChI is InChI=1S/C21H29NO8/c1-3-5-6-7-8-9-11-14(10-4-2)30-21(27)16-13-18(22(28)29)17(20(25)26)12-15(16)19(23)24/h12-14H,3-11H2,1-2H3,(H,23,24)(H,25,26). The van der Waals surface area contributed by atoms with Crippen LogP contribution in [-0.4, -0.2) is 39.1 Å². The Balaban J connectivity index is 3.02. The van der Waals surface area contributed by atoms with Crippen molar-refractivity contribution >= 4 is 23.6 Å². The smallest absolute Gasteiger partial charge is 0.342 e. The van der Waals surface area contributed by atoms with Crippen molar-refractivity contribution in [2.24, 2.45) is 0 Å². The van der Waals surface area contributed by atoms with Crippen LogP contribution in [0.2, 0.25) is 0 Å². The summed E-state index contributed by atoms with van der Waals surface area (Å²) in [5.41, 5.74) is -2.82. The van der Waals surface area contributed by atoms with Crippen LogP contribution in [0.5, 0.6) is 0 Å². The Hall–Kier alpha value is -2.97. The molecule has 1 rings (SSSR count). The predicted octanol–water partition coefficient (Wildman–Crippen LogP) is 5.07. The number of nitrogens with zero attached hydrogens (tertiary/aromatic N) is 1. The van der Waals surface area contributed by atoms with Crippen molar-refractivity contribution in [3.8, 4) is 0 Å². The summed E-state index contributed by atoms with van der Waals surface area (Å²) < 4.78 is 5.46. The van der Waals surface area contributed by atoms with Gasteiger partial charge in [0, 0.05) is 6.07 Å². The Bertz CT molecular complexity index is 775. The van der Waals surface area contributed by atoms with E-state index in [1.165, 1.54) is 6.42 Å². The number of carbonyl (C=O) groups is 3. The lowest BCUT2D eigenvalue weighted by atomic mass is 10.0. The second kappa shape index (κ2) is 12.6. The molecule has 0 spiro atoms. The van der Waals surface area contributed by atoms with E-state index in [0.717, 1.165) is 38.5 Å². The molecule has 30 heavy (non-hydrogen) atoms. The Morgan fingerprint density at radius 2 is 1.50 bits per heavy atom. The summed E-state index contributed by atoms with van der Waals surface area (Å²) in [6.07, 6.45) is 7.92. The number of hydrogen-bond donors (Lipinski definition) is 2. The SMILES string of the molecule is CCCCCCCCC(CCC)OC(=O)c1cc([N+](=O)[O-])c(C(=O)O)cc1C(=O)O. The van der Waals surface area contributed by atoms with Gasteiger partial charge in [-0.2, -0.15) is 0 Å². The van der Waals surface area contributed by atoms with Gasteiger partial charge in [-0.15, -0.1) is 0 Å². The Morgan fingerprint density at radius 1 is 0.900 bits per heavy atom. The first-order valence-electron chi connectivity index (χ1n) is 10.2. The van der Waals surface area contributed by atoms with Crippen LogP contribution in [0.1, 0.15) is 103 Å². The van der Waals surface area contributed by atoms with Gasteiger partial charge in [-0.3, -0.25) is 10.1 Å². The van der Waals surface area contributed by atoms with Crippen LogP contribution in [0.4, 0.5) is 5.69 Å². The third-order valence-electron chi connectivity index (χ3n) is 4.78. The average Bonchev–Trinajstić information content (AvgIpc) is 2.69. The molecule has 1 atom stereocenters. The number of nitro benzene ring substituents is 1. The zero-order valence-corrected chi connectivity index (χ0v) is 17.4. The van der Waals surface area contributed by atoms with E-state index in [-0.39, 0.29) is 0 Å². The molecule has 0 aliphatic rings. The zero-order valence-electron chi connectivity index (χ0n) is 17.4. The largest absolute Gasteiger partial charge is 0.478 e. The van der Waals surface area contributed by atoms with Crippen LogP contribution in [0.25, 0.3) is 0 Å². The normalized spacial score (nSPS) is 11.7. The molecule has 0 aliphatic carbocycles. The summed E-state index contributed by atoms with van der Waals surface area (Å²) in [5.74, 6) is -4.23. The molecule has 0 amide bonds. The number of nitro groups is 1. The van der Waals surface area contributed by atoms with Crippen LogP contribution in [-0.2, 0) is 4.74 Å². The predicted molar refractivity (Wildman–Crippen MR) is 109 cm³/mol. The number of benzene rings is 1. The Morgan fingerprint density at radius 3 is 2.03 bits per heavy atom. The number of rotatable bonds is 14. The molecule has 0 aliphatic heterocycles. The number of carboxylic acids is 2. The van der Waals surface area contributed by atoms with Gasteiger partial charge in [-0.25, -0.2) is 14.4 Å². The highest BCUT2D eigenvalue weighted by Gasteiger charge is 2.29. The monoisotopic (exact) mass is 423 g/mol. The topological polar surface area (TPSA) is 144 Å². The molecule has 0 saturated heterocycles. The fraction of sp³-hybridized carbons (Fsp3) is 0.571. The number of ether oxygens (including phenoxy) is 1. The molecule has 0 saturated carbocycles. The minimum atomic E-state index is -1.66. The van der Waals surface area contributed by atoms with Crippen molar-refractivity contribution in [3.05, 3.63) is 38.9 Å². The Labute approximate surface area is 175 Å². The van der Waals surface area contributed by atoms with Crippen molar-refractivity contribution in [3.63, 3.8) is 0 Å². The maximum atomic E-state index is 12.6. The van der Waals surface area contributed by atoms with E-state index in [2.05, 4.69) is 6.92 Å². The van der Waals surface area contributed by atoms with E-state index in [1.807, 2.05) is 6.92 Å². The number of esters is 1. The molecule has 1 aromatic carbocycles. The number of hydrogen-bond acceptors (Lipinski definition) is 6. The molecule has 9 heteroatoms. The summed E-state index contributed by atoms with van der Waals surface area (Å²) in [6, 6.07) is 1.30. The number of carbonyl (C=O) groups excluding carboxylic acids is 1. The highest BCUT2D eigenvalue weighted by Crippen LogP contribution is 2.26. The van der Waals surface area contributed by atoms with Crippen molar-refractivity contribution in [2.45, 2.75) is 77.7 Å². The molecule has 0 radical (unpaired) electrons. The van der Waals surface area contributed by atoms with Crippen molar-refractivity contribution < 1.29 is 34.3 Å². The maximum Gasteiger partial charge on any atom is 0.342 e. The summed E-state index contributed by atoms with van der Waals surface area (Å²) in [6.45, 7) is 4.06. The molecule has 0 bridgehead atoms. The van der Waals surface area contributed by atoms with Gasteiger partial charge < -0.3 is 14.9 Å². The summed E-state index contributed by atoms with van der Waals surface area (Å²) in [7, 11) is 0. The molecule has 1 unspecified atom stereocenters. The molecule has 2 N–H and O–H groups in total. The van der Waals surface area contributed by atoms with Crippen LogP contribution in [0.3, 0.4) is 0 Å². The number of unbranched alkanes of at least 4 members (excludes halogenated alkanes) is 5. The van der Waals surface area contributed by atoms with Gasteiger partial charge in [0.1, 0.15) is 11.7 Å². The summed E-state index contributed by atoms with van der Waals surface area (Å²) in [5, 5.41) is 29.7. The minimum Gasteiger partial charge on any atom is -0.478 e. The fourth-order valence-corrected chi connectivity index (χ4v) is 3.21. The van der Waals surface area contributed by atoms with Crippen LogP contribution in [0.15, 0.2) is 12.1 Å². The molecular formula is C21H29NO8. The van der Waals surface area contributed by atoms with Crippen molar-refractivity contribution in [2.75, 3.05) is 0 Å². The van der Waals surface area contributed by atoms with Gasteiger partial charge in [0.15, 0.2) is 0 Å². The third-order valence-corrected chi connectivity index (χ3v) is 4.78. The molecule has 0 heterocycles. The van der Waals surface area contributed by atoms with E-state index in [4.69, 9.17) is 9.84 Å². The molecule has 1 aromatic rings. The quantitative estimate of drug-likeness (QED) is 0.183. The Kier molecular flexibility index (Phi) is 10.5. The van der Waals surface area contributed by atoms with Gasteiger partial charge >= 0.3 is 17.9 Å². The molecule has 0 aromatic heterocycles. The minimum absolute atomic E-state index is 0.437. The lowest BCUT2D eigenvalue weighted by Gasteiger charge is -2.18. The molecule has 9 nitrogen and oxygen atoms in total. The fourth-order valence-electron chi connectivity index (χ4n) is 3.21. The van der Waals surface area contributed by atoms with E-state index in [9.17, 15) is 29.6 Å². The highest BCUT2D eigenvalue weighted by molar-refractivity contribution is 6.06. The number of aromatic carboxylic acids is 2. The first kappa shape index (κ1) is 25.1. The van der Waals surface area contributed by atoms with Gasteiger partial charge in [-0.1, -0.05) is 52.4 Å². The van der Waals surface area contributed by atoms with Crippen LogP contribution >= 0.6 is 0 Å². The second-order valence-electron chi connectivity index (χ2n) is 7.15. The van der Waals surface area contributed by atoms with Crippen molar-refractivity contribution in [1.82, 2.24) is 0 Å². The van der Waals surface area contributed by atoms with Gasteiger partial charge in [-0.05, 0) is 25.3 Å². The van der Waals surface area contributed by atoms with E-state index < -0.39 is 51.3 Å². The van der Waals surface area contributed by atoms with Gasteiger partial charge in [0.25, 0.3) is 5.69 Å². The van der Waals surface area contributed by atoms with E-state index >= 15 is 0 Å². The molecule has 166 valence electrons. The molecular weight excluding hydrogens is 394 g/mol. The second-order valence-corrected chi connectivity index (χ2v) is 7.15. The highest BCUT2D eigenvalue weighted by atomic mass is 16.6. The van der Waals surface area contributed by atoms with Crippen LogP contribution in [0, 0.1) is 10.1 Å².